The number of aromatic nitrogens is 2. The number of fused-ring (bicyclic) bond motifs is 1. The van der Waals surface area contributed by atoms with Crippen molar-refractivity contribution in [3.63, 3.8) is 0 Å². The van der Waals surface area contributed by atoms with Crippen LogP contribution >= 0.6 is 11.6 Å². The number of nitrogens with one attached hydrogen (secondary N) is 2. The van der Waals surface area contributed by atoms with Gasteiger partial charge in [-0.3, -0.25) is 9.59 Å². The summed E-state index contributed by atoms with van der Waals surface area (Å²) in [7, 11) is 0. The summed E-state index contributed by atoms with van der Waals surface area (Å²) >= 11 is 5.78. The second-order valence-electron chi connectivity index (χ2n) is 4.73. The minimum absolute atomic E-state index is 0.00459. The summed E-state index contributed by atoms with van der Waals surface area (Å²) in [5.41, 5.74) is 7.58. The zero-order chi connectivity index (χ0) is 15.7. The van der Waals surface area contributed by atoms with Gasteiger partial charge in [-0.05, 0) is 35.7 Å². The number of halogens is 1. The van der Waals surface area contributed by atoms with Crippen LogP contribution in [0.2, 0.25) is 5.28 Å². The van der Waals surface area contributed by atoms with E-state index in [1.54, 1.807) is 18.2 Å². The van der Waals surface area contributed by atoms with Crippen LogP contribution in [0.5, 0.6) is 0 Å². The van der Waals surface area contributed by atoms with Crippen molar-refractivity contribution in [2.24, 2.45) is 5.73 Å². The van der Waals surface area contributed by atoms with Crippen LogP contribution in [-0.4, -0.2) is 28.3 Å². The predicted octanol–water partition coefficient (Wildman–Crippen LogP) is 1.26. The van der Waals surface area contributed by atoms with Crippen molar-refractivity contribution in [1.29, 1.82) is 0 Å². The summed E-state index contributed by atoms with van der Waals surface area (Å²) in [4.78, 5) is 31.1. The Morgan fingerprint density at radius 3 is 3.00 bits per heavy atom. The first-order valence-electron chi connectivity index (χ1n) is 6.55. The van der Waals surface area contributed by atoms with Crippen LogP contribution < -0.4 is 16.4 Å². The van der Waals surface area contributed by atoms with Crippen molar-refractivity contribution in [1.82, 2.24) is 15.3 Å². The van der Waals surface area contributed by atoms with E-state index >= 15 is 0 Å². The molecule has 0 bridgehead atoms. The van der Waals surface area contributed by atoms with E-state index in [0.29, 0.717) is 24.2 Å². The standard InChI is InChI=1S/C14H12ClN5O2/c15-14-18-6-9(11(16)21)12(20-14)19-10-3-1-2-8-7(10)4-5-17-13(8)22/h1-3,6H,4-5H2,(H2,16,21)(H,17,22)(H,18,19,20). The molecule has 8 heteroatoms. The maximum absolute atomic E-state index is 11.9. The lowest BCUT2D eigenvalue weighted by Gasteiger charge is -2.20. The summed E-state index contributed by atoms with van der Waals surface area (Å²) in [5, 5.41) is 5.80. The summed E-state index contributed by atoms with van der Waals surface area (Å²) < 4.78 is 0. The number of benzene rings is 1. The normalized spacial score (nSPS) is 13.2. The van der Waals surface area contributed by atoms with Crippen molar-refractivity contribution in [2.45, 2.75) is 6.42 Å². The van der Waals surface area contributed by atoms with Gasteiger partial charge >= 0.3 is 0 Å². The van der Waals surface area contributed by atoms with Gasteiger partial charge in [0, 0.05) is 24.0 Å². The molecule has 22 heavy (non-hydrogen) atoms. The van der Waals surface area contributed by atoms with Crippen LogP contribution in [0.15, 0.2) is 24.4 Å². The van der Waals surface area contributed by atoms with Crippen LogP contribution in [-0.2, 0) is 6.42 Å². The Morgan fingerprint density at radius 2 is 2.23 bits per heavy atom. The lowest BCUT2D eigenvalue weighted by atomic mass is 9.98. The molecule has 1 aliphatic heterocycles. The minimum atomic E-state index is -0.665. The molecule has 7 nitrogen and oxygen atoms in total. The number of rotatable bonds is 3. The van der Waals surface area contributed by atoms with Gasteiger partial charge < -0.3 is 16.4 Å². The maximum Gasteiger partial charge on any atom is 0.254 e. The zero-order valence-corrected chi connectivity index (χ0v) is 12.1. The molecule has 1 aliphatic rings. The highest BCUT2D eigenvalue weighted by molar-refractivity contribution is 6.28. The summed E-state index contributed by atoms with van der Waals surface area (Å²) in [6.07, 6.45) is 1.94. The molecule has 3 rings (SSSR count). The zero-order valence-electron chi connectivity index (χ0n) is 11.4. The van der Waals surface area contributed by atoms with Crippen molar-refractivity contribution in [2.75, 3.05) is 11.9 Å². The molecule has 0 saturated heterocycles. The van der Waals surface area contributed by atoms with Gasteiger partial charge in [0.1, 0.15) is 11.4 Å². The third-order valence-corrected chi connectivity index (χ3v) is 3.54. The molecule has 2 heterocycles. The highest BCUT2D eigenvalue weighted by atomic mass is 35.5. The molecule has 0 radical (unpaired) electrons. The first-order valence-corrected chi connectivity index (χ1v) is 6.93. The third-order valence-electron chi connectivity index (χ3n) is 3.36. The Bertz CT molecular complexity index is 778. The molecular weight excluding hydrogens is 306 g/mol. The van der Waals surface area contributed by atoms with E-state index in [1.807, 2.05) is 0 Å². The topological polar surface area (TPSA) is 110 Å². The Labute approximate surface area is 130 Å². The molecule has 0 spiro atoms. The number of anilines is 2. The highest BCUT2D eigenvalue weighted by Gasteiger charge is 2.20. The summed E-state index contributed by atoms with van der Waals surface area (Å²) in [6, 6.07) is 5.30. The van der Waals surface area contributed by atoms with Crippen LogP contribution in [0.3, 0.4) is 0 Å². The monoisotopic (exact) mass is 317 g/mol. The van der Waals surface area contributed by atoms with E-state index in [9.17, 15) is 9.59 Å². The van der Waals surface area contributed by atoms with E-state index < -0.39 is 5.91 Å². The lowest BCUT2D eigenvalue weighted by Crippen LogP contribution is -2.32. The number of primary amides is 1. The first-order chi connectivity index (χ1) is 10.6. The Morgan fingerprint density at radius 1 is 1.41 bits per heavy atom. The van der Waals surface area contributed by atoms with Crippen molar-refractivity contribution in [3.8, 4) is 0 Å². The number of nitrogens with two attached hydrogens (primary N) is 1. The van der Waals surface area contributed by atoms with Gasteiger partial charge in [-0.1, -0.05) is 6.07 Å². The summed E-state index contributed by atoms with van der Waals surface area (Å²) in [6.45, 7) is 0.553. The molecule has 2 aromatic rings. The van der Waals surface area contributed by atoms with Crippen LogP contribution in [0.1, 0.15) is 26.3 Å². The maximum atomic E-state index is 11.9. The van der Waals surface area contributed by atoms with Crippen LogP contribution in [0.4, 0.5) is 11.5 Å². The summed E-state index contributed by atoms with van der Waals surface area (Å²) in [5.74, 6) is -0.575. The molecule has 0 atom stereocenters. The van der Waals surface area contributed by atoms with Crippen molar-refractivity contribution < 1.29 is 9.59 Å². The SMILES string of the molecule is NC(=O)c1cnc(Cl)nc1Nc1cccc2c1CCNC2=O. The van der Waals surface area contributed by atoms with E-state index in [2.05, 4.69) is 20.6 Å². The van der Waals surface area contributed by atoms with E-state index in [-0.39, 0.29) is 22.6 Å². The molecule has 0 unspecified atom stereocenters. The number of hydrogen-bond acceptors (Lipinski definition) is 5. The average molecular weight is 318 g/mol. The number of hydrogen-bond donors (Lipinski definition) is 3. The molecule has 1 aromatic heterocycles. The van der Waals surface area contributed by atoms with Crippen molar-refractivity contribution >= 4 is 34.9 Å². The van der Waals surface area contributed by atoms with Gasteiger partial charge in [0.2, 0.25) is 5.28 Å². The minimum Gasteiger partial charge on any atom is -0.365 e. The number of amides is 2. The van der Waals surface area contributed by atoms with Gasteiger partial charge in [0.05, 0.1) is 0 Å². The third kappa shape index (κ3) is 2.58. The fraction of sp³-hybridized carbons (Fsp3) is 0.143. The molecular formula is C14H12ClN5O2. The van der Waals surface area contributed by atoms with E-state index in [1.165, 1.54) is 6.20 Å². The highest BCUT2D eigenvalue weighted by Crippen LogP contribution is 2.27. The lowest BCUT2D eigenvalue weighted by molar-refractivity contribution is 0.0944. The molecule has 0 aliphatic carbocycles. The second kappa shape index (κ2) is 5.61. The fourth-order valence-corrected chi connectivity index (χ4v) is 2.48. The Hall–Kier alpha value is -2.67. The average Bonchev–Trinajstić information content (AvgIpc) is 2.48. The quantitative estimate of drug-likeness (QED) is 0.738. The van der Waals surface area contributed by atoms with Gasteiger partial charge in [-0.15, -0.1) is 0 Å². The van der Waals surface area contributed by atoms with E-state index in [4.69, 9.17) is 17.3 Å². The van der Waals surface area contributed by atoms with Gasteiger partial charge in [-0.2, -0.15) is 4.98 Å². The molecule has 0 saturated carbocycles. The molecule has 2 amide bonds. The van der Waals surface area contributed by atoms with Gasteiger partial charge in [-0.25, -0.2) is 4.98 Å². The van der Waals surface area contributed by atoms with Crippen LogP contribution in [0, 0.1) is 0 Å². The largest absolute Gasteiger partial charge is 0.365 e. The Balaban J connectivity index is 2.05. The number of carbonyl (C=O) groups is 2. The fourth-order valence-electron chi connectivity index (χ4n) is 2.35. The van der Waals surface area contributed by atoms with Crippen molar-refractivity contribution in [3.05, 3.63) is 46.4 Å². The first kappa shape index (κ1) is 14.3. The Kier molecular flexibility index (Phi) is 3.64. The molecule has 0 fully saturated rings. The molecule has 4 N–H and O–H groups in total. The predicted molar refractivity (Wildman–Crippen MR) is 81.3 cm³/mol. The molecule has 112 valence electrons. The van der Waals surface area contributed by atoms with Gasteiger partial charge in [0.15, 0.2) is 0 Å². The smallest absolute Gasteiger partial charge is 0.254 e. The van der Waals surface area contributed by atoms with Crippen LogP contribution in [0.25, 0.3) is 0 Å². The van der Waals surface area contributed by atoms with E-state index in [0.717, 1.165) is 5.56 Å². The number of carbonyl (C=O) groups excluding carboxylic acids is 2. The number of nitrogens with zero attached hydrogens (tertiary/aromatic N) is 2. The molecule has 1 aromatic carbocycles. The van der Waals surface area contributed by atoms with Gasteiger partial charge in [0.25, 0.3) is 11.8 Å². The second-order valence-corrected chi connectivity index (χ2v) is 5.07.